The largest absolute Gasteiger partial charge is 0.465 e. The molecule has 110 valence electrons. The molecule has 2 heterocycles. The third-order valence-electron chi connectivity index (χ3n) is 3.50. The molecule has 3 rings (SSSR count). The molecule has 0 saturated carbocycles. The van der Waals surface area contributed by atoms with E-state index < -0.39 is 0 Å². The molecule has 0 saturated heterocycles. The molecule has 1 aliphatic rings. The van der Waals surface area contributed by atoms with Gasteiger partial charge in [-0.05, 0) is 38.7 Å². The number of thiazole rings is 1. The van der Waals surface area contributed by atoms with Gasteiger partial charge in [0.1, 0.15) is 5.92 Å². The van der Waals surface area contributed by atoms with Gasteiger partial charge in [-0.3, -0.25) is 4.79 Å². The molecule has 0 N–H and O–H groups in total. The minimum absolute atomic E-state index is 0.167. The van der Waals surface area contributed by atoms with Gasteiger partial charge in [0.15, 0.2) is 10.8 Å². The minimum Gasteiger partial charge on any atom is -0.465 e. The maximum absolute atomic E-state index is 12.1. The molecule has 0 aromatic carbocycles. The van der Waals surface area contributed by atoms with E-state index in [1.54, 1.807) is 23.7 Å². The van der Waals surface area contributed by atoms with Crippen molar-refractivity contribution in [1.82, 2.24) is 15.0 Å². The van der Waals surface area contributed by atoms with Gasteiger partial charge in [0.2, 0.25) is 0 Å². The Morgan fingerprint density at radius 1 is 1.43 bits per heavy atom. The van der Waals surface area contributed by atoms with E-state index in [4.69, 9.17) is 4.74 Å². The number of aromatic nitrogens is 3. The number of rotatable bonds is 3. The monoisotopic (exact) mass is 303 g/mol. The van der Waals surface area contributed by atoms with E-state index in [1.165, 1.54) is 4.88 Å². The first kappa shape index (κ1) is 14.1. The Labute approximate surface area is 127 Å². The topological polar surface area (TPSA) is 65.0 Å². The lowest BCUT2D eigenvalue weighted by Gasteiger charge is -2.19. The van der Waals surface area contributed by atoms with E-state index in [-0.39, 0.29) is 11.9 Å². The molecule has 1 aliphatic carbocycles. The first-order valence-electron chi connectivity index (χ1n) is 7.14. The molecule has 1 atom stereocenters. The van der Waals surface area contributed by atoms with Crippen LogP contribution in [0.25, 0.3) is 10.8 Å². The molecule has 5 nitrogen and oxygen atoms in total. The van der Waals surface area contributed by atoms with Gasteiger partial charge in [-0.25, -0.2) is 15.0 Å². The first-order chi connectivity index (χ1) is 10.2. The lowest BCUT2D eigenvalue weighted by Crippen LogP contribution is -2.20. The summed E-state index contributed by atoms with van der Waals surface area (Å²) < 4.78 is 5.16. The second-order valence-electron chi connectivity index (χ2n) is 5.11. The van der Waals surface area contributed by atoms with Gasteiger partial charge in [-0.15, -0.1) is 11.3 Å². The Morgan fingerprint density at radius 2 is 2.19 bits per heavy atom. The molecule has 6 heteroatoms. The highest BCUT2D eigenvalue weighted by Gasteiger charge is 2.31. The van der Waals surface area contributed by atoms with Crippen LogP contribution in [0.3, 0.4) is 0 Å². The van der Waals surface area contributed by atoms with Crippen molar-refractivity contribution in [1.29, 1.82) is 0 Å². The number of carbonyl (C=O) groups is 1. The van der Waals surface area contributed by atoms with E-state index in [2.05, 4.69) is 15.0 Å². The van der Waals surface area contributed by atoms with Gasteiger partial charge in [0.25, 0.3) is 0 Å². The number of fused-ring (bicyclic) bond motifs is 1. The van der Waals surface area contributed by atoms with E-state index >= 15 is 0 Å². The molecule has 0 bridgehead atoms. The number of hydrogen-bond acceptors (Lipinski definition) is 6. The molecule has 0 fully saturated rings. The van der Waals surface area contributed by atoms with Crippen LogP contribution in [0.1, 0.15) is 41.8 Å². The Balaban J connectivity index is 1.94. The van der Waals surface area contributed by atoms with Crippen molar-refractivity contribution in [3.63, 3.8) is 0 Å². The fourth-order valence-corrected chi connectivity index (χ4v) is 3.60. The van der Waals surface area contributed by atoms with Crippen LogP contribution in [0.4, 0.5) is 0 Å². The fraction of sp³-hybridized carbons (Fsp3) is 0.467. The summed E-state index contributed by atoms with van der Waals surface area (Å²) in [5.41, 5.74) is 1.88. The van der Waals surface area contributed by atoms with Crippen LogP contribution >= 0.6 is 11.3 Å². The highest BCUT2D eigenvalue weighted by atomic mass is 32.1. The summed E-state index contributed by atoms with van der Waals surface area (Å²) in [6, 6.07) is 0. The zero-order valence-corrected chi connectivity index (χ0v) is 12.9. The van der Waals surface area contributed by atoms with E-state index in [9.17, 15) is 4.79 Å². The minimum atomic E-state index is -0.232. The molecule has 1 unspecified atom stereocenters. The Morgan fingerprint density at radius 3 is 2.90 bits per heavy atom. The predicted molar refractivity (Wildman–Crippen MR) is 80.2 cm³/mol. The third-order valence-corrected chi connectivity index (χ3v) is 4.62. The quantitative estimate of drug-likeness (QED) is 0.816. The summed E-state index contributed by atoms with van der Waals surface area (Å²) in [6.07, 6.45) is 6.34. The van der Waals surface area contributed by atoms with Crippen molar-refractivity contribution >= 4 is 17.3 Å². The van der Waals surface area contributed by atoms with Crippen LogP contribution < -0.4 is 0 Å². The third kappa shape index (κ3) is 2.81. The number of carbonyl (C=O) groups excluding carboxylic acids is 1. The zero-order chi connectivity index (χ0) is 14.8. The Kier molecular flexibility index (Phi) is 3.96. The van der Waals surface area contributed by atoms with Gasteiger partial charge >= 0.3 is 5.97 Å². The number of nitrogens with zero attached hydrogens (tertiary/aromatic N) is 3. The maximum atomic E-state index is 12.1. The van der Waals surface area contributed by atoms with Gasteiger partial charge in [-0.1, -0.05) is 0 Å². The van der Waals surface area contributed by atoms with Crippen molar-refractivity contribution in [2.75, 3.05) is 6.61 Å². The van der Waals surface area contributed by atoms with Gasteiger partial charge in [0, 0.05) is 17.3 Å². The highest BCUT2D eigenvalue weighted by Crippen LogP contribution is 2.37. The summed E-state index contributed by atoms with van der Waals surface area (Å²) in [6.45, 7) is 4.18. The number of hydrogen-bond donors (Lipinski definition) is 0. The van der Waals surface area contributed by atoms with Crippen LogP contribution in [0, 0.1) is 6.92 Å². The molecule has 0 spiro atoms. The average Bonchev–Trinajstić information content (AvgIpc) is 2.92. The summed E-state index contributed by atoms with van der Waals surface area (Å²) in [5.74, 6) is 0.229. The predicted octanol–water partition coefficient (Wildman–Crippen LogP) is 2.89. The number of ether oxygens (including phenoxy) is 1. The summed E-state index contributed by atoms with van der Waals surface area (Å²) in [4.78, 5) is 26.5. The van der Waals surface area contributed by atoms with Crippen molar-refractivity contribution in [2.24, 2.45) is 0 Å². The Bertz CT molecular complexity index is 651. The van der Waals surface area contributed by atoms with E-state index in [1.807, 2.05) is 13.8 Å². The first-order valence-corrected chi connectivity index (χ1v) is 7.96. The fourth-order valence-electron chi connectivity index (χ4n) is 2.49. The SMILES string of the molecule is CCOC(=O)C1CCCc2sc(-c3ncc(C)cn3)nc21. The molecular weight excluding hydrogens is 286 g/mol. The van der Waals surface area contributed by atoms with Crippen molar-refractivity contribution in [3.8, 4) is 10.8 Å². The second kappa shape index (κ2) is 5.89. The molecule has 0 amide bonds. The van der Waals surface area contributed by atoms with Crippen molar-refractivity contribution < 1.29 is 9.53 Å². The van der Waals surface area contributed by atoms with Crippen LogP contribution in [0.15, 0.2) is 12.4 Å². The second-order valence-corrected chi connectivity index (χ2v) is 6.19. The highest BCUT2D eigenvalue weighted by molar-refractivity contribution is 7.15. The number of esters is 1. The normalized spacial score (nSPS) is 17.3. The smallest absolute Gasteiger partial charge is 0.315 e. The standard InChI is InChI=1S/C15H17N3O2S/c1-3-20-15(19)10-5-4-6-11-12(10)18-14(21-11)13-16-7-9(2)8-17-13/h7-8,10H,3-6H2,1-2H3. The molecular formula is C15H17N3O2S. The van der Waals surface area contributed by atoms with E-state index in [0.29, 0.717) is 12.4 Å². The van der Waals surface area contributed by atoms with Crippen molar-refractivity contribution in [3.05, 3.63) is 28.5 Å². The molecule has 2 aromatic rings. The lowest BCUT2D eigenvalue weighted by molar-refractivity contribution is -0.145. The van der Waals surface area contributed by atoms with Crippen LogP contribution in [-0.2, 0) is 16.0 Å². The van der Waals surface area contributed by atoms with Gasteiger partial charge in [-0.2, -0.15) is 0 Å². The van der Waals surface area contributed by atoms with Crippen LogP contribution in [0.5, 0.6) is 0 Å². The zero-order valence-electron chi connectivity index (χ0n) is 12.1. The average molecular weight is 303 g/mol. The van der Waals surface area contributed by atoms with Gasteiger partial charge in [0.05, 0.1) is 12.3 Å². The molecule has 0 radical (unpaired) electrons. The summed E-state index contributed by atoms with van der Waals surface area (Å²) in [5, 5.41) is 0.788. The number of aryl methyl sites for hydroxylation is 2. The summed E-state index contributed by atoms with van der Waals surface area (Å²) >= 11 is 1.59. The van der Waals surface area contributed by atoms with Gasteiger partial charge < -0.3 is 4.74 Å². The van der Waals surface area contributed by atoms with Crippen LogP contribution in [0.2, 0.25) is 0 Å². The maximum Gasteiger partial charge on any atom is 0.315 e. The van der Waals surface area contributed by atoms with Crippen LogP contribution in [-0.4, -0.2) is 27.5 Å². The molecule has 21 heavy (non-hydrogen) atoms. The van der Waals surface area contributed by atoms with E-state index in [0.717, 1.165) is 35.5 Å². The summed E-state index contributed by atoms with van der Waals surface area (Å²) in [7, 11) is 0. The molecule has 2 aromatic heterocycles. The lowest BCUT2D eigenvalue weighted by atomic mass is 9.91. The molecule has 0 aliphatic heterocycles. The van der Waals surface area contributed by atoms with Crippen molar-refractivity contribution in [2.45, 2.75) is 39.0 Å². The Hall–Kier alpha value is -1.82.